The first-order valence-electron chi connectivity index (χ1n) is 12.9. The highest BCUT2D eigenvalue weighted by molar-refractivity contribution is 7.80. The average molecular weight is 560 g/mol. The topological polar surface area (TPSA) is 84.2 Å². The van der Waals surface area contributed by atoms with E-state index >= 15 is 0 Å². The third-order valence-corrected chi connectivity index (χ3v) is 7.21. The van der Waals surface area contributed by atoms with Gasteiger partial charge >= 0.3 is 5.97 Å². The quantitative estimate of drug-likeness (QED) is 0.205. The van der Waals surface area contributed by atoms with Gasteiger partial charge < -0.3 is 15.0 Å². The normalized spacial score (nSPS) is 12.1. The van der Waals surface area contributed by atoms with Crippen LogP contribution in [0.4, 0.5) is 4.39 Å². The number of hydrogen-bond donors (Lipinski definition) is 3. The second kappa shape index (κ2) is 13.8. The SMILES string of the molecule is CCCCc1nc(Cl)c(CNC(=O)C(CS)CC(C)C)n1Cc1ccc(-c2cccc(F)c2C(=O)O)cc1. The Bertz CT molecular complexity index is 1260. The van der Waals surface area contributed by atoms with Gasteiger partial charge in [0.1, 0.15) is 17.2 Å². The number of aromatic nitrogens is 2. The van der Waals surface area contributed by atoms with Gasteiger partial charge in [0.25, 0.3) is 0 Å². The third-order valence-electron chi connectivity index (χ3n) is 6.47. The fourth-order valence-corrected chi connectivity index (χ4v) is 5.07. The van der Waals surface area contributed by atoms with Crippen molar-refractivity contribution in [3.8, 4) is 11.1 Å². The number of carboxylic acids is 1. The van der Waals surface area contributed by atoms with Gasteiger partial charge in [-0.05, 0) is 41.5 Å². The van der Waals surface area contributed by atoms with Gasteiger partial charge in [0.15, 0.2) is 5.15 Å². The largest absolute Gasteiger partial charge is 0.478 e. The minimum absolute atomic E-state index is 0.0543. The lowest BCUT2D eigenvalue weighted by Crippen LogP contribution is -2.33. The van der Waals surface area contributed by atoms with Crippen LogP contribution in [0.15, 0.2) is 42.5 Å². The van der Waals surface area contributed by atoms with Crippen LogP contribution < -0.4 is 5.32 Å². The highest BCUT2D eigenvalue weighted by Gasteiger charge is 2.21. The van der Waals surface area contributed by atoms with E-state index in [1.807, 2.05) is 16.7 Å². The van der Waals surface area contributed by atoms with Gasteiger partial charge in [0, 0.05) is 24.6 Å². The molecule has 0 aliphatic carbocycles. The van der Waals surface area contributed by atoms with Crippen LogP contribution in [0.25, 0.3) is 11.1 Å². The molecule has 1 aromatic heterocycles. The Morgan fingerprint density at radius 3 is 2.50 bits per heavy atom. The van der Waals surface area contributed by atoms with Crippen molar-refractivity contribution in [2.75, 3.05) is 5.75 Å². The van der Waals surface area contributed by atoms with Crippen LogP contribution in [0.2, 0.25) is 5.15 Å². The molecule has 204 valence electrons. The maximum absolute atomic E-state index is 14.2. The Labute approximate surface area is 234 Å². The smallest absolute Gasteiger partial charge is 0.339 e. The summed E-state index contributed by atoms with van der Waals surface area (Å²) < 4.78 is 16.2. The van der Waals surface area contributed by atoms with E-state index in [9.17, 15) is 19.1 Å². The van der Waals surface area contributed by atoms with Crippen LogP contribution in [-0.4, -0.2) is 32.3 Å². The molecule has 0 aliphatic heterocycles. The minimum Gasteiger partial charge on any atom is -0.478 e. The van der Waals surface area contributed by atoms with Crippen molar-refractivity contribution in [2.24, 2.45) is 11.8 Å². The van der Waals surface area contributed by atoms with Crippen LogP contribution in [0.5, 0.6) is 0 Å². The molecule has 0 radical (unpaired) electrons. The molecule has 0 bridgehead atoms. The van der Waals surface area contributed by atoms with E-state index in [1.54, 1.807) is 18.2 Å². The summed E-state index contributed by atoms with van der Waals surface area (Å²) in [5.41, 5.74) is 2.25. The van der Waals surface area contributed by atoms with Gasteiger partial charge in [-0.2, -0.15) is 12.6 Å². The second-order valence-electron chi connectivity index (χ2n) is 9.85. The summed E-state index contributed by atoms with van der Waals surface area (Å²) in [6.07, 6.45) is 3.46. The number of amides is 1. The molecule has 0 fully saturated rings. The first-order valence-corrected chi connectivity index (χ1v) is 13.9. The van der Waals surface area contributed by atoms with Gasteiger partial charge in [-0.3, -0.25) is 4.79 Å². The van der Waals surface area contributed by atoms with E-state index in [0.29, 0.717) is 34.5 Å². The Morgan fingerprint density at radius 2 is 1.89 bits per heavy atom. The zero-order chi connectivity index (χ0) is 27.8. The number of aryl methyl sites for hydroxylation is 1. The Morgan fingerprint density at radius 1 is 1.18 bits per heavy atom. The van der Waals surface area contributed by atoms with Crippen molar-refractivity contribution in [1.82, 2.24) is 14.9 Å². The molecular weight excluding hydrogens is 525 g/mol. The van der Waals surface area contributed by atoms with Gasteiger partial charge in [0.05, 0.1) is 12.2 Å². The number of unbranched alkanes of at least 4 members (excludes halogenated alkanes) is 1. The van der Waals surface area contributed by atoms with Crippen LogP contribution in [0, 0.1) is 17.7 Å². The lowest BCUT2D eigenvalue weighted by molar-refractivity contribution is -0.124. The summed E-state index contributed by atoms with van der Waals surface area (Å²) >= 11 is 10.9. The molecule has 0 spiro atoms. The van der Waals surface area contributed by atoms with Crippen LogP contribution in [-0.2, 0) is 24.3 Å². The molecule has 2 N–H and O–H groups in total. The maximum atomic E-state index is 14.2. The zero-order valence-electron chi connectivity index (χ0n) is 22.0. The van der Waals surface area contributed by atoms with Gasteiger partial charge in [-0.25, -0.2) is 14.2 Å². The van der Waals surface area contributed by atoms with Crippen LogP contribution in [0.3, 0.4) is 0 Å². The Hall–Kier alpha value is -2.84. The molecule has 0 aliphatic rings. The highest BCUT2D eigenvalue weighted by atomic mass is 35.5. The van der Waals surface area contributed by atoms with E-state index in [1.165, 1.54) is 6.07 Å². The lowest BCUT2D eigenvalue weighted by Gasteiger charge is -2.18. The molecule has 1 amide bonds. The Balaban J connectivity index is 1.87. The number of nitrogens with one attached hydrogen (secondary N) is 1. The summed E-state index contributed by atoms with van der Waals surface area (Å²) in [6, 6.07) is 11.6. The van der Waals surface area contributed by atoms with E-state index in [4.69, 9.17) is 11.6 Å². The number of aromatic carboxylic acids is 1. The van der Waals surface area contributed by atoms with Crippen LogP contribution >= 0.6 is 24.2 Å². The maximum Gasteiger partial charge on any atom is 0.339 e. The number of rotatable bonds is 13. The first-order chi connectivity index (χ1) is 18.2. The zero-order valence-corrected chi connectivity index (χ0v) is 23.7. The van der Waals surface area contributed by atoms with Crippen molar-refractivity contribution in [1.29, 1.82) is 0 Å². The van der Waals surface area contributed by atoms with Crippen molar-refractivity contribution in [3.63, 3.8) is 0 Å². The molecule has 0 saturated heterocycles. The van der Waals surface area contributed by atoms with Crippen LogP contribution in [0.1, 0.15) is 67.5 Å². The van der Waals surface area contributed by atoms with Gasteiger partial charge in [-0.15, -0.1) is 0 Å². The van der Waals surface area contributed by atoms with Gasteiger partial charge in [-0.1, -0.05) is 75.2 Å². The number of nitrogens with zero attached hydrogens (tertiary/aromatic N) is 2. The number of imidazole rings is 1. The van der Waals surface area contributed by atoms with E-state index in [2.05, 4.69) is 43.7 Å². The standard InChI is InChI=1S/C29H35ClFN3O3S/c1-4-5-9-25-33-27(30)24(15-32-28(35)21(17-38)14-18(2)3)34(25)16-19-10-12-20(13-11-19)22-7-6-8-23(31)26(22)29(36)37/h6-8,10-13,18,21,38H,4-5,9,14-17H2,1-3H3,(H,32,35)(H,36,37). The van der Waals surface area contributed by atoms with Crippen molar-refractivity contribution in [3.05, 3.63) is 76.1 Å². The van der Waals surface area contributed by atoms with Crippen molar-refractivity contribution < 1.29 is 19.1 Å². The van der Waals surface area contributed by atoms with Crippen molar-refractivity contribution >= 4 is 36.1 Å². The number of hydrogen-bond acceptors (Lipinski definition) is 4. The number of halogens is 2. The monoisotopic (exact) mass is 559 g/mol. The van der Waals surface area contributed by atoms with E-state index < -0.39 is 11.8 Å². The highest BCUT2D eigenvalue weighted by Crippen LogP contribution is 2.27. The molecule has 1 atom stereocenters. The molecule has 9 heteroatoms. The summed E-state index contributed by atoms with van der Waals surface area (Å²) in [7, 11) is 0. The predicted molar refractivity (Wildman–Crippen MR) is 152 cm³/mol. The molecule has 6 nitrogen and oxygen atoms in total. The van der Waals surface area contributed by atoms with E-state index in [0.717, 1.165) is 48.8 Å². The lowest BCUT2D eigenvalue weighted by atomic mass is 9.98. The number of benzene rings is 2. The summed E-state index contributed by atoms with van der Waals surface area (Å²) in [5, 5.41) is 12.9. The molecule has 2 aromatic carbocycles. The fraction of sp³-hybridized carbons (Fsp3) is 0.414. The molecule has 38 heavy (non-hydrogen) atoms. The Kier molecular flexibility index (Phi) is 10.8. The minimum atomic E-state index is -1.31. The molecule has 3 aromatic rings. The summed E-state index contributed by atoms with van der Waals surface area (Å²) in [4.78, 5) is 29.0. The fourth-order valence-electron chi connectivity index (χ4n) is 4.49. The number of carbonyl (C=O) groups is 2. The number of thiol groups is 1. The van der Waals surface area contributed by atoms with E-state index in [-0.39, 0.29) is 23.9 Å². The number of carboxylic acid groups (broad SMARTS) is 1. The molecule has 3 rings (SSSR count). The molecular formula is C29H35ClFN3O3S. The third kappa shape index (κ3) is 7.38. The predicted octanol–water partition coefficient (Wildman–Crippen LogP) is 6.64. The second-order valence-corrected chi connectivity index (χ2v) is 10.6. The number of carbonyl (C=O) groups excluding carboxylic acids is 1. The molecule has 1 unspecified atom stereocenters. The first kappa shape index (κ1) is 29.7. The summed E-state index contributed by atoms with van der Waals surface area (Å²) in [6.45, 7) is 7.00. The molecule has 1 heterocycles. The average Bonchev–Trinajstić information content (AvgIpc) is 3.17. The summed E-state index contributed by atoms with van der Waals surface area (Å²) in [5.74, 6) is -0.615. The van der Waals surface area contributed by atoms with Crippen molar-refractivity contribution in [2.45, 2.75) is 59.5 Å². The van der Waals surface area contributed by atoms with Gasteiger partial charge in [0.2, 0.25) is 5.91 Å². The molecule has 0 saturated carbocycles.